The molecule has 0 saturated carbocycles. The van der Waals surface area contributed by atoms with E-state index in [9.17, 15) is 9.59 Å². The SMILES string of the molecule is COC(=O)C(=O)NCCc1cc(C)ccc1OC. The molecular formula is C13H17NO4. The Morgan fingerprint density at radius 1 is 1.28 bits per heavy atom. The Hall–Kier alpha value is -2.04. The molecule has 0 aliphatic heterocycles. The summed E-state index contributed by atoms with van der Waals surface area (Å²) in [4.78, 5) is 22.0. The summed E-state index contributed by atoms with van der Waals surface area (Å²) in [5.41, 5.74) is 2.10. The summed E-state index contributed by atoms with van der Waals surface area (Å²) in [6.45, 7) is 2.34. The average molecular weight is 251 g/mol. The van der Waals surface area contributed by atoms with E-state index in [1.165, 1.54) is 7.11 Å². The first-order valence-corrected chi connectivity index (χ1v) is 5.58. The topological polar surface area (TPSA) is 64.6 Å². The highest BCUT2D eigenvalue weighted by atomic mass is 16.5. The van der Waals surface area contributed by atoms with Crippen molar-refractivity contribution in [2.45, 2.75) is 13.3 Å². The van der Waals surface area contributed by atoms with E-state index in [1.54, 1.807) is 7.11 Å². The van der Waals surface area contributed by atoms with Crippen LogP contribution in [0.15, 0.2) is 18.2 Å². The number of amides is 1. The van der Waals surface area contributed by atoms with Crippen LogP contribution < -0.4 is 10.1 Å². The molecule has 0 atom stereocenters. The number of methoxy groups -OCH3 is 2. The second-order valence-corrected chi connectivity index (χ2v) is 3.81. The van der Waals surface area contributed by atoms with Gasteiger partial charge < -0.3 is 14.8 Å². The highest BCUT2D eigenvalue weighted by molar-refractivity contribution is 6.32. The number of aryl methyl sites for hydroxylation is 1. The molecule has 1 aromatic rings. The molecule has 0 spiro atoms. The normalized spacial score (nSPS) is 9.72. The van der Waals surface area contributed by atoms with Crippen LogP contribution in [0, 0.1) is 6.92 Å². The zero-order valence-electron chi connectivity index (χ0n) is 10.8. The third-order valence-corrected chi connectivity index (χ3v) is 2.49. The minimum Gasteiger partial charge on any atom is -0.496 e. The van der Waals surface area contributed by atoms with Crippen LogP contribution >= 0.6 is 0 Å². The van der Waals surface area contributed by atoms with Gasteiger partial charge >= 0.3 is 11.9 Å². The van der Waals surface area contributed by atoms with Gasteiger partial charge in [0, 0.05) is 6.54 Å². The number of esters is 1. The van der Waals surface area contributed by atoms with Crippen molar-refractivity contribution in [1.29, 1.82) is 0 Å². The van der Waals surface area contributed by atoms with E-state index in [-0.39, 0.29) is 0 Å². The van der Waals surface area contributed by atoms with Crippen molar-refractivity contribution in [3.63, 3.8) is 0 Å². The molecule has 0 bridgehead atoms. The molecule has 0 saturated heterocycles. The maximum atomic E-state index is 11.2. The maximum Gasteiger partial charge on any atom is 0.396 e. The minimum absolute atomic E-state index is 0.355. The zero-order valence-corrected chi connectivity index (χ0v) is 10.8. The van der Waals surface area contributed by atoms with E-state index in [0.717, 1.165) is 16.9 Å². The minimum atomic E-state index is -0.883. The smallest absolute Gasteiger partial charge is 0.396 e. The lowest BCUT2D eigenvalue weighted by atomic mass is 10.1. The van der Waals surface area contributed by atoms with Gasteiger partial charge in [-0.3, -0.25) is 4.79 Å². The number of nitrogens with one attached hydrogen (secondary N) is 1. The molecule has 5 heteroatoms. The van der Waals surface area contributed by atoms with E-state index < -0.39 is 11.9 Å². The summed E-state index contributed by atoms with van der Waals surface area (Å²) >= 11 is 0. The lowest BCUT2D eigenvalue weighted by Gasteiger charge is -2.09. The first kappa shape index (κ1) is 14.0. The largest absolute Gasteiger partial charge is 0.496 e. The van der Waals surface area contributed by atoms with Crippen LogP contribution in [0.3, 0.4) is 0 Å². The van der Waals surface area contributed by atoms with Gasteiger partial charge in [-0.1, -0.05) is 17.7 Å². The Labute approximate surface area is 106 Å². The Kier molecular flexibility index (Phi) is 5.17. The van der Waals surface area contributed by atoms with Crippen molar-refractivity contribution in [2.24, 2.45) is 0 Å². The predicted octanol–water partition coefficient (Wildman–Crippen LogP) is 0.835. The summed E-state index contributed by atoms with van der Waals surface area (Å²) in [5, 5.41) is 2.48. The Morgan fingerprint density at radius 2 is 2.00 bits per heavy atom. The lowest BCUT2D eigenvalue weighted by molar-refractivity contribution is -0.152. The molecule has 1 aromatic carbocycles. The summed E-state index contributed by atoms with van der Waals surface area (Å²) < 4.78 is 9.53. The number of carbonyl (C=O) groups excluding carboxylic acids is 2. The standard InChI is InChI=1S/C13H17NO4/c1-9-4-5-11(17-2)10(8-9)6-7-14-12(15)13(16)18-3/h4-5,8H,6-7H2,1-3H3,(H,14,15). The van der Waals surface area contributed by atoms with Crippen LogP contribution in [0.1, 0.15) is 11.1 Å². The number of carbonyl (C=O) groups is 2. The van der Waals surface area contributed by atoms with Crippen molar-refractivity contribution in [1.82, 2.24) is 5.32 Å². The first-order valence-electron chi connectivity index (χ1n) is 5.58. The Bertz CT molecular complexity index is 443. The molecule has 0 heterocycles. The van der Waals surface area contributed by atoms with E-state index in [1.807, 2.05) is 25.1 Å². The molecule has 0 radical (unpaired) electrons. The number of ether oxygens (including phenoxy) is 2. The second-order valence-electron chi connectivity index (χ2n) is 3.81. The number of hydrogen-bond donors (Lipinski definition) is 1. The molecule has 0 aliphatic rings. The first-order chi connectivity index (χ1) is 8.58. The third kappa shape index (κ3) is 3.76. The molecule has 1 rings (SSSR count). The van der Waals surface area contributed by atoms with Gasteiger partial charge in [-0.25, -0.2) is 4.79 Å². The van der Waals surface area contributed by atoms with Crippen LogP contribution in [-0.4, -0.2) is 32.6 Å². The molecule has 0 fully saturated rings. The van der Waals surface area contributed by atoms with Gasteiger partial charge in [-0.2, -0.15) is 0 Å². The highest BCUT2D eigenvalue weighted by Gasteiger charge is 2.12. The van der Waals surface area contributed by atoms with Crippen LogP contribution in [0.25, 0.3) is 0 Å². The van der Waals surface area contributed by atoms with Crippen LogP contribution in [0.2, 0.25) is 0 Å². The molecule has 5 nitrogen and oxygen atoms in total. The average Bonchev–Trinajstić information content (AvgIpc) is 2.38. The van der Waals surface area contributed by atoms with Crippen molar-refractivity contribution in [3.8, 4) is 5.75 Å². The molecule has 0 aromatic heterocycles. The third-order valence-electron chi connectivity index (χ3n) is 2.49. The fourth-order valence-electron chi connectivity index (χ4n) is 1.58. The number of rotatable bonds is 4. The molecule has 1 N–H and O–H groups in total. The van der Waals surface area contributed by atoms with Gasteiger partial charge in [-0.15, -0.1) is 0 Å². The van der Waals surface area contributed by atoms with Gasteiger partial charge in [-0.05, 0) is 25.0 Å². The zero-order chi connectivity index (χ0) is 13.5. The Morgan fingerprint density at radius 3 is 2.61 bits per heavy atom. The summed E-state index contributed by atoms with van der Waals surface area (Å²) in [5.74, 6) is -0.844. The summed E-state index contributed by atoms with van der Waals surface area (Å²) in [6.07, 6.45) is 0.591. The fraction of sp³-hybridized carbons (Fsp3) is 0.385. The van der Waals surface area contributed by atoms with Gasteiger partial charge in [0.2, 0.25) is 0 Å². The number of hydrogen-bond acceptors (Lipinski definition) is 4. The highest BCUT2D eigenvalue weighted by Crippen LogP contribution is 2.19. The number of benzene rings is 1. The van der Waals surface area contributed by atoms with E-state index in [2.05, 4.69) is 10.1 Å². The summed E-state index contributed by atoms with van der Waals surface area (Å²) in [6, 6.07) is 5.82. The molecular weight excluding hydrogens is 234 g/mol. The van der Waals surface area contributed by atoms with Crippen LogP contribution in [-0.2, 0) is 20.7 Å². The van der Waals surface area contributed by atoms with Gasteiger partial charge in [0.25, 0.3) is 0 Å². The molecule has 0 aliphatic carbocycles. The van der Waals surface area contributed by atoms with Crippen LogP contribution in [0.4, 0.5) is 0 Å². The van der Waals surface area contributed by atoms with Crippen molar-refractivity contribution >= 4 is 11.9 Å². The van der Waals surface area contributed by atoms with E-state index in [0.29, 0.717) is 13.0 Å². The Balaban J connectivity index is 2.56. The van der Waals surface area contributed by atoms with Crippen molar-refractivity contribution < 1.29 is 19.1 Å². The van der Waals surface area contributed by atoms with Crippen molar-refractivity contribution in [2.75, 3.05) is 20.8 Å². The lowest BCUT2D eigenvalue weighted by Crippen LogP contribution is -2.33. The molecule has 1 amide bonds. The van der Waals surface area contributed by atoms with Gasteiger partial charge in [0.1, 0.15) is 5.75 Å². The van der Waals surface area contributed by atoms with Crippen LogP contribution in [0.5, 0.6) is 5.75 Å². The quantitative estimate of drug-likeness (QED) is 0.636. The second kappa shape index (κ2) is 6.64. The maximum absolute atomic E-state index is 11.2. The predicted molar refractivity (Wildman–Crippen MR) is 66.5 cm³/mol. The summed E-state index contributed by atoms with van der Waals surface area (Å²) in [7, 11) is 2.77. The van der Waals surface area contributed by atoms with Gasteiger partial charge in [0.05, 0.1) is 14.2 Å². The van der Waals surface area contributed by atoms with E-state index in [4.69, 9.17) is 4.74 Å². The molecule has 0 unspecified atom stereocenters. The molecule has 98 valence electrons. The van der Waals surface area contributed by atoms with Gasteiger partial charge in [0.15, 0.2) is 0 Å². The van der Waals surface area contributed by atoms with Crippen molar-refractivity contribution in [3.05, 3.63) is 29.3 Å². The fourth-order valence-corrected chi connectivity index (χ4v) is 1.58. The monoisotopic (exact) mass is 251 g/mol. The molecule has 18 heavy (non-hydrogen) atoms. The van der Waals surface area contributed by atoms with E-state index >= 15 is 0 Å².